The van der Waals surface area contributed by atoms with Gasteiger partial charge in [-0.1, -0.05) is 0 Å². The van der Waals surface area contributed by atoms with Gasteiger partial charge in [-0.05, 0) is 32.9 Å². The first kappa shape index (κ1) is 42.7. The van der Waals surface area contributed by atoms with Crippen molar-refractivity contribution in [3.63, 3.8) is 0 Å². The van der Waals surface area contributed by atoms with E-state index in [1.54, 1.807) is 0 Å². The summed E-state index contributed by atoms with van der Waals surface area (Å²) in [6.07, 6.45) is 0. The molecule has 12 nitrogen and oxygen atoms in total. The molecule has 0 aliphatic heterocycles. The highest BCUT2D eigenvalue weighted by molar-refractivity contribution is 6.31. The summed E-state index contributed by atoms with van der Waals surface area (Å²) in [7, 11) is -8.67. The summed E-state index contributed by atoms with van der Waals surface area (Å²) in [6.45, 7) is 0. The van der Waals surface area contributed by atoms with Crippen LogP contribution in [0.2, 0.25) is 0 Å². The predicted octanol–water partition coefficient (Wildman–Crippen LogP) is -12.6. The molecule has 0 aliphatic rings. The summed E-state index contributed by atoms with van der Waals surface area (Å²) in [5.74, 6) is 0. The zero-order valence-electron chi connectivity index (χ0n) is 7.68. The Balaban J connectivity index is -0.0000000192. The monoisotopic (exact) mass is 344 g/mol. The van der Waals surface area contributed by atoms with Crippen molar-refractivity contribution in [2.45, 2.75) is 0 Å². The Morgan fingerprint density at radius 2 is 0.263 bits per heavy atom. The molecule has 0 atom stereocenters. The summed E-state index contributed by atoms with van der Waals surface area (Å²) in [5.41, 5.74) is 0. The molecule has 0 unspecified atom stereocenters. The third kappa shape index (κ3) is 26900. The molecule has 0 aliphatic carbocycles. The summed E-state index contributed by atoms with van der Waals surface area (Å²) < 4.78 is 0. The van der Waals surface area contributed by atoms with Crippen LogP contribution in [0.25, 0.3) is 0 Å². The van der Waals surface area contributed by atoms with Gasteiger partial charge in [-0.3, -0.25) is 0 Å². The van der Waals surface area contributed by atoms with Gasteiger partial charge in [-0.2, -0.15) is 0 Å². The maximum atomic E-state index is 7.17. The first-order valence-electron chi connectivity index (χ1n) is 3.10. The number of hydrogen-bond acceptors (Lipinski definition) is 12. The lowest BCUT2D eigenvalue weighted by Gasteiger charge is -1.69. The third-order valence-corrected chi connectivity index (χ3v) is 0. The van der Waals surface area contributed by atoms with E-state index in [4.69, 9.17) is 60.3 Å². The fraction of sp³-hybridized carbons (Fsp3) is 0. The summed E-state index contributed by atoms with van der Waals surface area (Å²) in [4.78, 5) is 0. The second-order valence-electron chi connectivity index (χ2n) is 1.39. The fourth-order valence-electron chi connectivity index (χ4n) is 0. The van der Waals surface area contributed by atoms with Crippen molar-refractivity contribution in [1.82, 2.24) is 0 Å². The molecule has 0 radical (unpaired) electrons. The van der Waals surface area contributed by atoms with Crippen LogP contribution in [0.5, 0.6) is 0 Å². The van der Waals surface area contributed by atoms with E-state index in [2.05, 4.69) is 0 Å². The molecule has 12 N–H and O–H groups in total. The molecule has 0 saturated carbocycles. The molecule has 19 heavy (non-hydrogen) atoms. The molecule has 0 bridgehead atoms. The van der Waals surface area contributed by atoms with Gasteiger partial charge in [-0.15, -0.1) is 0 Å². The minimum atomic E-state index is -2.17. The zero-order chi connectivity index (χ0) is 14.3. The van der Waals surface area contributed by atoms with Crippen LogP contribution in [0.4, 0.5) is 0 Å². The lowest BCUT2D eigenvalue weighted by molar-refractivity contribution is 0.276. The van der Waals surface area contributed by atoms with Crippen molar-refractivity contribution in [2.24, 2.45) is 0 Å². The van der Waals surface area contributed by atoms with Gasteiger partial charge >= 0.3 is 29.3 Å². The quantitative estimate of drug-likeness (QED) is 0.183. The van der Waals surface area contributed by atoms with E-state index in [9.17, 15) is 0 Å². The Kier molecular flexibility index (Phi) is 81.5. The molecular weight excluding hydrogens is 319 g/mol. The van der Waals surface area contributed by atoms with Crippen molar-refractivity contribution < 1.29 is 60.3 Å². The molecule has 0 saturated heterocycles. The lowest BCUT2D eigenvalue weighted by Crippen LogP contribution is -2.07. The predicted molar refractivity (Wildman–Crippen MR) is 83.6 cm³/mol. The highest BCUT2D eigenvalue weighted by atomic mass is 28.1. The fourth-order valence-corrected chi connectivity index (χ4v) is 0. The molecule has 19 heteroatoms. The van der Waals surface area contributed by atoms with Gasteiger partial charge in [0, 0.05) is 0 Å². The Morgan fingerprint density at radius 1 is 0.263 bits per heavy atom. The Hall–Kier alpha value is 0.430. The Bertz CT molecular complexity index is 68.0. The van der Waals surface area contributed by atoms with Crippen molar-refractivity contribution in [2.75, 3.05) is 0 Å². The Labute approximate surface area is 123 Å². The largest absolute Gasteiger partial charge is 0.631 e. The molecule has 0 aromatic carbocycles. The molecule has 0 fully saturated rings. The second-order valence-corrected chi connectivity index (χ2v) is 1.39. The maximum Gasteiger partial charge on any atom is 0.631 e. The standard InChI is InChI=1S/4BH3O3.3H4Si/c4*2-1(3)4;;;/h4*2-4H;3*1H4. The number of rotatable bonds is 0. The van der Waals surface area contributed by atoms with E-state index in [-0.39, 0.29) is 32.9 Å². The molecule has 0 rings (SSSR count). The first-order chi connectivity index (χ1) is 6.93. The molecule has 120 valence electrons. The second kappa shape index (κ2) is 36.2. The van der Waals surface area contributed by atoms with Gasteiger partial charge < -0.3 is 60.3 Å². The van der Waals surface area contributed by atoms with Crippen LogP contribution in [0.15, 0.2) is 0 Å². The highest BCUT2D eigenvalue weighted by Crippen LogP contribution is 1.41. The maximum absolute atomic E-state index is 7.17. The van der Waals surface area contributed by atoms with Crippen LogP contribution >= 0.6 is 0 Å². The van der Waals surface area contributed by atoms with Crippen molar-refractivity contribution in [3.8, 4) is 0 Å². The minimum Gasteiger partial charge on any atom is -0.402 e. The summed E-state index contributed by atoms with van der Waals surface area (Å²) >= 11 is 0. The Morgan fingerprint density at radius 3 is 0.263 bits per heavy atom. The van der Waals surface area contributed by atoms with Crippen LogP contribution in [0.1, 0.15) is 0 Å². The molecule has 0 aromatic heterocycles. The van der Waals surface area contributed by atoms with Crippen LogP contribution in [-0.4, -0.2) is 122 Å². The first-order valence-corrected chi connectivity index (χ1v) is 3.10. The summed E-state index contributed by atoms with van der Waals surface area (Å²) in [5, 5.41) is 86.0. The van der Waals surface area contributed by atoms with Crippen molar-refractivity contribution in [1.29, 1.82) is 0 Å². The van der Waals surface area contributed by atoms with E-state index in [1.165, 1.54) is 0 Å². The van der Waals surface area contributed by atoms with Gasteiger partial charge in [0.05, 0.1) is 0 Å². The van der Waals surface area contributed by atoms with Crippen molar-refractivity contribution >= 4 is 62.2 Å². The third-order valence-electron chi connectivity index (χ3n) is 0. The molecule has 0 aromatic rings. The molecule has 0 heterocycles. The van der Waals surface area contributed by atoms with Gasteiger partial charge in [0.15, 0.2) is 0 Å². The molecule has 0 spiro atoms. The van der Waals surface area contributed by atoms with Gasteiger partial charge in [0.2, 0.25) is 0 Å². The number of hydrogen-bond donors (Lipinski definition) is 12. The SMILES string of the molecule is OB(O)O.OB(O)O.OB(O)O.OB(O)O.[SiH4].[SiH4].[SiH4]. The van der Waals surface area contributed by atoms with Gasteiger partial charge in [0.1, 0.15) is 0 Å². The average molecular weight is 344 g/mol. The van der Waals surface area contributed by atoms with Gasteiger partial charge in [-0.25, -0.2) is 0 Å². The molecule has 0 amide bonds. The van der Waals surface area contributed by atoms with Crippen LogP contribution in [0.3, 0.4) is 0 Å². The van der Waals surface area contributed by atoms with Crippen LogP contribution < -0.4 is 0 Å². The van der Waals surface area contributed by atoms with Crippen LogP contribution in [-0.2, 0) is 0 Å². The lowest BCUT2D eigenvalue weighted by atomic mass is 10.3. The highest BCUT2D eigenvalue weighted by Gasteiger charge is 1.93. The van der Waals surface area contributed by atoms with Crippen molar-refractivity contribution in [3.05, 3.63) is 0 Å². The van der Waals surface area contributed by atoms with E-state index >= 15 is 0 Å². The topological polar surface area (TPSA) is 243 Å². The minimum absolute atomic E-state index is 0. The van der Waals surface area contributed by atoms with Gasteiger partial charge in [0.25, 0.3) is 0 Å². The van der Waals surface area contributed by atoms with E-state index in [0.29, 0.717) is 0 Å². The van der Waals surface area contributed by atoms with E-state index < -0.39 is 29.3 Å². The van der Waals surface area contributed by atoms with E-state index in [1.807, 2.05) is 0 Å². The summed E-state index contributed by atoms with van der Waals surface area (Å²) in [6, 6.07) is 0. The smallest absolute Gasteiger partial charge is 0.402 e. The van der Waals surface area contributed by atoms with Crippen LogP contribution in [0, 0.1) is 0 Å². The van der Waals surface area contributed by atoms with E-state index in [0.717, 1.165) is 0 Å². The normalized spacial score (nSPS) is 5.68. The average Bonchev–Trinajstić information content (AvgIpc) is 1.76. The molecular formula is H24B4O12Si3. The zero-order valence-corrected chi connectivity index (χ0v) is 7.68.